The predicted octanol–water partition coefficient (Wildman–Crippen LogP) is 5.56. The molecular weight excluding hydrogens is 500 g/mol. The van der Waals surface area contributed by atoms with Gasteiger partial charge < -0.3 is 19.9 Å². The van der Waals surface area contributed by atoms with Gasteiger partial charge in [-0.3, -0.25) is 9.59 Å². The summed E-state index contributed by atoms with van der Waals surface area (Å²) in [5.74, 6) is -1.27. The molecule has 1 atom stereocenters. The van der Waals surface area contributed by atoms with Gasteiger partial charge in [-0.2, -0.15) is 0 Å². The van der Waals surface area contributed by atoms with Crippen LogP contribution >= 0.6 is 0 Å². The standard InChI is InChI=1S/C31H35F2N3O3/c1-39-31(38)30(35-25-9-7-21(8-10-25)27-19-34-28-5-3-2-4-26(27)28)22-12-14-36(15-13-22)29(37)11-6-20-16-23(32)18-24(33)17-20/h2-6,11,16-19,21-22,25,30,34-35H,7-10,12-15H2,1H3/t21-,25-,30?. The number of amides is 1. The number of aromatic amines is 1. The number of hydrogen-bond donors (Lipinski definition) is 2. The molecule has 0 radical (unpaired) electrons. The number of rotatable bonds is 7. The fourth-order valence-corrected chi connectivity index (χ4v) is 6.18. The first-order chi connectivity index (χ1) is 18.9. The van der Waals surface area contributed by atoms with Crippen molar-refractivity contribution in [2.24, 2.45) is 5.92 Å². The summed E-state index contributed by atoms with van der Waals surface area (Å²) >= 11 is 0. The van der Waals surface area contributed by atoms with Crippen LogP contribution in [0.25, 0.3) is 17.0 Å². The van der Waals surface area contributed by atoms with Crippen molar-refractivity contribution >= 4 is 28.9 Å². The number of aromatic nitrogens is 1. The number of H-pyrrole nitrogens is 1. The Balaban J connectivity index is 1.14. The van der Waals surface area contributed by atoms with Crippen LogP contribution in [-0.2, 0) is 14.3 Å². The van der Waals surface area contributed by atoms with Crippen molar-refractivity contribution in [3.8, 4) is 0 Å². The quantitative estimate of drug-likeness (QED) is 0.307. The number of carbonyl (C=O) groups is 2. The Hall–Kier alpha value is -3.52. The summed E-state index contributed by atoms with van der Waals surface area (Å²) < 4.78 is 32.0. The van der Waals surface area contributed by atoms with Crippen molar-refractivity contribution in [3.63, 3.8) is 0 Å². The summed E-state index contributed by atoms with van der Waals surface area (Å²) in [6.07, 6.45) is 10.3. The number of esters is 1. The number of nitrogens with one attached hydrogen (secondary N) is 2. The normalized spacial score (nSPS) is 21.4. The Morgan fingerprint density at radius 1 is 1.03 bits per heavy atom. The van der Waals surface area contributed by atoms with Gasteiger partial charge >= 0.3 is 5.97 Å². The van der Waals surface area contributed by atoms with Crippen molar-refractivity contribution in [3.05, 3.63) is 77.5 Å². The van der Waals surface area contributed by atoms with E-state index < -0.39 is 17.7 Å². The highest BCUT2D eigenvalue weighted by atomic mass is 19.1. The highest BCUT2D eigenvalue weighted by Gasteiger charge is 2.35. The van der Waals surface area contributed by atoms with E-state index in [-0.39, 0.29) is 23.8 Å². The van der Waals surface area contributed by atoms with E-state index >= 15 is 0 Å². The molecule has 2 fully saturated rings. The van der Waals surface area contributed by atoms with E-state index in [9.17, 15) is 18.4 Å². The van der Waals surface area contributed by atoms with E-state index in [1.165, 1.54) is 47.9 Å². The first-order valence-electron chi connectivity index (χ1n) is 13.7. The van der Waals surface area contributed by atoms with Crippen LogP contribution in [0.1, 0.15) is 55.6 Å². The van der Waals surface area contributed by atoms with Crippen molar-refractivity contribution in [1.29, 1.82) is 0 Å². The molecule has 2 aromatic carbocycles. The van der Waals surface area contributed by atoms with E-state index in [1.807, 2.05) is 6.07 Å². The highest BCUT2D eigenvalue weighted by Crippen LogP contribution is 2.37. The molecule has 0 spiro atoms. The molecule has 1 aliphatic heterocycles. The Morgan fingerprint density at radius 3 is 2.41 bits per heavy atom. The average molecular weight is 536 g/mol. The van der Waals surface area contributed by atoms with Crippen LogP contribution in [0.3, 0.4) is 0 Å². The van der Waals surface area contributed by atoms with Crippen molar-refractivity contribution < 1.29 is 23.1 Å². The number of nitrogens with zero attached hydrogens (tertiary/aromatic N) is 1. The Bertz CT molecular complexity index is 1320. The van der Waals surface area contributed by atoms with Crippen LogP contribution < -0.4 is 5.32 Å². The number of hydrogen-bond acceptors (Lipinski definition) is 4. The molecule has 5 rings (SSSR count). The number of halogens is 2. The second kappa shape index (κ2) is 12.1. The van der Waals surface area contributed by atoms with E-state index in [1.54, 1.807) is 4.90 Å². The molecule has 1 aliphatic carbocycles. The Morgan fingerprint density at radius 2 is 1.72 bits per heavy atom. The number of fused-ring (bicyclic) bond motifs is 1. The summed E-state index contributed by atoms with van der Waals surface area (Å²) in [5, 5.41) is 4.90. The number of benzene rings is 2. The fourth-order valence-electron chi connectivity index (χ4n) is 6.18. The van der Waals surface area contributed by atoms with Gasteiger partial charge in [0.15, 0.2) is 0 Å². The lowest BCUT2D eigenvalue weighted by molar-refractivity contribution is -0.145. The zero-order chi connectivity index (χ0) is 27.4. The summed E-state index contributed by atoms with van der Waals surface area (Å²) in [5.41, 5.74) is 2.84. The maximum atomic E-state index is 13.4. The lowest BCUT2D eigenvalue weighted by atomic mass is 9.80. The fraction of sp³-hybridized carbons (Fsp3) is 0.419. The molecule has 2 aliphatic rings. The number of likely N-dealkylation sites (tertiary alicyclic amines) is 1. The first kappa shape index (κ1) is 27.1. The van der Waals surface area contributed by atoms with Gasteiger partial charge in [0, 0.05) is 48.4 Å². The third-order valence-electron chi connectivity index (χ3n) is 8.28. The van der Waals surface area contributed by atoms with Gasteiger partial charge in [0.25, 0.3) is 0 Å². The summed E-state index contributed by atoms with van der Waals surface area (Å²) in [6, 6.07) is 11.4. The van der Waals surface area contributed by atoms with Gasteiger partial charge in [0.2, 0.25) is 5.91 Å². The zero-order valence-electron chi connectivity index (χ0n) is 22.2. The van der Waals surface area contributed by atoms with Gasteiger partial charge in [0.1, 0.15) is 17.7 Å². The number of carbonyl (C=O) groups excluding carboxylic acids is 2. The van der Waals surface area contributed by atoms with Crippen molar-refractivity contribution in [2.45, 2.75) is 56.5 Å². The molecular formula is C31H35F2N3O3. The molecule has 206 valence electrons. The third kappa shape index (κ3) is 6.38. The van der Waals surface area contributed by atoms with E-state index in [2.05, 4.69) is 34.7 Å². The minimum atomic E-state index is -0.685. The molecule has 1 saturated heterocycles. The molecule has 0 bridgehead atoms. The van der Waals surface area contributed by atoms with Gasteiger partial charge in [0.05, 0.1) is 7.11 Å². The summed E-state index contributed by atoms with van der Waals surface area (Å²) in [6.45, 7) is 1.02. The average Bonchev–Trinajstić information content (AvgIpc) is 3.38. The maximum absolute atomic E-state index is 13.4. The monoisotopic (exact) mass is 535 g/mol. The molecule has 3 aromatic rings. The van der Waals surface area contributed by atoms with Gasteiger partial charge in [-0.15, -0.1) is 0 Å². The van der Waals surface area contributed by atoms with Crippen LogP contribution in [-0.4, -0.2) is 54.0 Å². The SMILES string of the molecule is COC(=O)C(N[C@H]1CC[C@H](c2c[nH]c3ccccc32)CC1)C1CCN(C(=O)C=Cc2cc(F)cc(F)c2)CC1. The molecule has 39 heavy (non-hydrogen) atoms. The lowest BCUT2D eigenvalue weighted by Gasteiger charge is -2.38. The van der Waals surface area contributed by atoms with Gasteiger partial charge in [-0.25, -0.2) is 8.78 Å². The second-order valence-electron chi connectivity index (χ2n) is 10.7. The van der Waals surface area contributed by atoms with Crippen LogP contribution in [0.2, 0.25) is 0 Å². The second-order valence-corrected chi connectivity index (χ2v) is 10.7. The number of methoxy groups -OCH3 is 1. The minimum Gasteiger partial charge on any atom is -0.468 e. The molecule has 1 aromatic heterocycles. The van der Waals surface area contributed by atoms with Crippen LogP contribution in [0, 0.1) is 17.6 Å². The third-order valence-corrected chi connectivity index (χ3v) is 8.28. The van der Waals surface area contributed by atoms with Crippen molar-refractivity contribution in [2.75, 3.05) is 20.2 Å². The molecule has 1 unspecified atom stereocenters. The molecule has 8 heteroatoms. The lowest BCUT2D eigenvalue weighted by Crippen LogP contribution is -2.52. The molecule has 2 heterocycles. The first-order valence-corrected chi connectivity index (χ1v) is 13.7. The zero-order valence-corrected chi connectivity index (χ0v) is 22.2. The Labute approximate surface area is 227 Å². The van der Waals surface area contributed by atoms with E-state index in [4.69, 9.17) is 4.74 Å². The topological polar surface area (TPSA) is 74.4 Å². The molecule has 1 saturated carbocycles. The molecule has 2 N–H and O–H groups in total. The largest absolute Gasteiger partial charge is 0.468 e. The van der Waals surface area contributed by atoms with Crippen LogP contribution in [0.15, 0.2) is 54.7 Å². The Kier molecular flexibility index (Phi) is 8.41. The summed E-state index contributed by atoms with van der Waals surface area (Å²) in [7, 11) is 1.42. The summed E-state index contributed by atoms with van der Waals surface area (Å²) in [4.78, 5) is 30.5. The van der Waals surface area contributed by atoms with Gasteiger partial charge in [-0.05, 0) is 85.8 Å². The molecule has 6 nitrogen and oxygen atoms in total. The number of ether oxygens (including phenoxy) is 1. The minimum absolute atomic E-state index is 0.0640. The van der Waals surface area contributed by atoms with Crippen molar-refractivity contribution in [1.82, 2.24) is 15.2 Å². The number of piperidine rings is 1. The van der Waals surface area contributed by atoms with Gasteiger partial charge in [-0.1, -0.05) is 18.2 Å². The molecule has 1 amide bonds. The van der Waals surface area contributed by atoms with Crippen LogP contribution in [0.4, 0.5) is 8.78 Å². The van der Waals surface area contributed by atoms with E-state index in [0.29, 0.717) is 37.4 Å². The highest BCUT2D eigenvalue weighted by molar-refractivity contribution is 5.91. The van der Waals surface area contributed by atoms with E-state index in [0.717, 1.165) is 31.7 Å². The van der Waals surface area contributed by atoms with Crippen LogP contribution in [0.5, 0.6) is 0 Å². The predicted molar refractivity (Wildman–Crippen MR) is 147 cm³/mol. The smallest absolute Gasteiger partial charge is 0.323 e. The number of para-hydroxylation sites is 1. The maximum Gasteiger partial charge on any atom is 0.323 e.